The van der Waals surface area contributed by atoms with Gasteiger partial charge < -0.3 is 10.6 Å². The Labute approximate surface area is 151 Å². The van der Waals surface area contributed by atoms with Gasteiger partial charge in [0, 0.05) is 25.6 Å². The zero-order valence-corrected chi connectivity index (χ0v) is 15.6. The van der Waals surface area contributed by atoms with E-state index in [0.29, 0.717) is 12.5 Å². The van der Waals surface area contributed by atoms with Crippen molar-refractivity contribution in [3.05, 3.63) is 35.4 Å². The lowest BCUT2D eigenvalue weighted by Gasteiger charge is -2.20. The molecule has 0 radical (unpaired) electrons. The van der Waals surface area contributed by atoms with Crippen molar-refractivity contribution in [1.82, 2.24) is 10.6 Å². The van der Waals surface area contributed by atoms with E-state index >= 15 is 0 Å². The number of guanidine groups is 1. The number of hydrogen-bond acceptors (Lipinski definition) is 2. The first-order chi connectivity index (χ1) is 11.9. The number of rotatable bonds is 8. The predicted molar refractivity (Wildman–Crippen MR) is 99.3 cm³/mol. The summed E-state index contributed by atoms with van der Waals surface area (Å²) in [7, 11) is 1.71. The summed E-state index contributed by atoms with van der Waals surface area (Å²) in [5.41, 5.74) is -0.0320. The minimum Gasteiger partial charge on any atom is -0.356 e. The molecule has 3 nitrogen and oxygen atoms in total. The maximum Gasteiger partial charge on any atom is 0.416 e. The molecule has 0 bridgehead atoms. The fourth-order valence-electron chi connectivity index (χ4n) is 2.80. The predicted octanol–water partition coefficient (Wildman–Crippen LogP) is 4.05. The molecular weight excluding hydrogens is 347 g/mol. The highest BCUT2D eigenvalue weighted by molar-refractivity contribution is 7.98. The normalized spacial score (nSPS) is 16.6. The second-order valence-electron chi connectivity index (χ2n) is 6.41. The molecule has 140 valence electrons. The van der Waals surface area contributed by atoms with Crippen LogP contribution in [0, 0.1) is 0 Å². The van der Waals surface area contributed by atoms with E-state index in [4.69, 9.17) is 0 Å². The molecule has 0 spiro atoms. The van der Waals surface area contributed by atoms with Gasteiger partial charge in [-0.25, -0.2) is 0 Å². The number of nitrogens with zero attached hydrogens (tertiary/aromatic N) is 1. The van der Waals surface area contributed by atoms with Crippen molar-refractivity contribution in [2.75, 3.05) is 32.1 Å². The van der Waals surface area contributed by atoms with Gasteiger partial charge in [0.15, 0.2) is 5.96 Å². The molecule has 0 aromatic heterocycles. The Bertz CT molecular complexity index is 583. The fourth-order valence-corrected chi connectivity index (χ4v) is 3.29. The zero-order valence-electron chi connectivity index (χ0n) is 14.7. The maximum atomic E-state index is 12.9. The minimum absolute atomic E-state index is 0.211. The van der Waals surface area contributed by atoms with E-state index in [1.165, 1.54) is 12.1 Å². The molecular formula is C18H26F3N3S. The van der Waals surface area contributed by atoms with Crippen LogP contribution in [0.2, 0.25) is 0 Å². The summed E-state index contributed by atoms with van der Waals surface area (Å²) in [6, 6.07) is 5.70. The Morgan fingerprint density at radius 3 is 2.60 bits per heavy atom. The highest BCUT2D eigenvalue weighted by Crippen LogP contribution is 2.48. The Balaban J connectivity index is 1.89. The van der Waals surface area contributed by atoms with Gasteiger partial charge in [-0.1, -0.05) is 18.2 Å². The van der Waals surface area contributed by atoms with Crippen molar-refractivity contribution in [3.8, 4) is 0 Å². The topological polar surface area (TPSA) is 36.4 Å². The molecule has 0 atom stereocenters. The van der Waals surface area contributed by atoms with Crippen LogP contribution in [0.15, 0.2) is 29.3 Å². The maximum absolute atomic E-state index is 12.9. The number of alkyl halides is 3. The molecule has 1 saturated carbocycles. The molecule has 0 heterocycles. The molecule has 1 aromatic carbocycles. The van der Waals surface area contributed by atoms with E-state index in [-0.39, 0.29) is 5.41 Å². The van der Waals surface area contributed by atoms with E-state index in [1.807, 2.05) is 11.8 Å². The number of thioether (sulfide) groups is 1. The van der Waals surface area contributed by atoms with E-state index in [1.54, 1.807) is 13.1 Å². The van der Waals surface area contributed by atoms with Crippen molar-refractivity contribution in [2.24, 2.45) is 4.99 Å². The molecule has 1 aliphatic rings. The molecule has 0 amide bonds. The summed E-state index contributed by atoms with van der Waals surface area (Å²) in [5, 5.41) is 6.54. The number of nitrogens with one attached hydrogen (secondary N) is 2. The standard InChI is InChI=1S/C18H26F3N3S/c1-22-16(23-10-3-4-11-25-2)24-13-17(8-9-17)14-6-5-7-15(12-14)18(19,20)21/h5-7,12H,3-4,8-11,13H2,1-2H3,(H2,22,23,24). The number of benzene rings is 1. The first kappa shape index (κ1) is 19.9. The molecule has 0 saturated heterocycles. The van der Waals surface area contributed by atoms with Crippen molar-refractivity contribution in [3.63, 3.8) is 0 Å². The Morgan fingerprint density at radius 2 is 2.00 bits per heavy atom. The van der Waals surface area contributed by atoms with Gasteiger partial charge in [-0.15, -0.1) is 0 Å². The zero-order chi connectivity index (χ0) is 18.3. The second kappa shape index (κ2) is 8.83. The van der Waals surface area contributed by atoms with Gasteiger partial charge in [0.25, 0.3) is 0 Å². The van der Waals surface area contributed by atoms with Crippen molar-refractivity contribution in [1.29, 1.82) is 0 Å². The minimum atomic E-state index is -4.30. The lowest BCUT2D eigenvalue weighted by molar-refractivity contribution is -0.137. The van der Waals surface area contributed by atoms with Crippen molar-refractivity contribution in [2.45, 2.75) is 37.3 Å². The van der Waals surface area contributed by atoms with Gasteiger partial charge in [0.1, 0.15) is 0 Å². The third-order valence-electron chi connectivity index (χ3n) is 4.54. The molecule has 2 rings (SSSR count). The molecule has 1 fully saturated rings. The molecule has 2 N–H and O–H groups in total. The molecule has 1 aliphatic carbocycles. The third kappa shape index (κ3) is 5.83. The van der Waals surface area contributed by atoms with E-state index in [0.717, 1.165) is 49.6 Å². The van der Waals surface area contributed by atoms with Crippen LogP contribution in [0.4, 0.5) is 13.2 Å². The smallest absolute Gasteiger partial charge is 0.356 e. The average molecular weight is 373 g/mol. The highest BCUT2D eigenvalue weighted by atomic mass is 32.2. The summed E-state index contributed by atoms with van der Waals surface area (Å²) in [4.78, 5) is 4.20. The van der Waals surface area contributed by atoms with Crippen LogP contribution in [0.3, 0.4) is 0 Å². The van der Waals surface area contributed by atoms with Gasteiger partial charge in [-0.05, 0) is 49.3 Å². The number of unbranched alkanes of at least 4 members (excludes halogenated alkanes) is 1. The van der Waals surface area contributed by atoms with Gasteiger partial charge in [-0.3, -0.25) is 4.99 Å². The lowest BCUT2D eigenvalue weighted by Crippen LogP contribution is -2.41. The molecule has 7 heteroatoms. The molecule has 1 aromatic rings. The summed E-state index contributed by atoms with van der Waals surface area (Å²) in [6.07, 6.45) is 1.81. The van der Waals surface area contributed by atoms with Crippen LogP contribution in [-0.2, 0) is 11.6 Å². The summed E-state index contributed by atoms with van der Waals surface area (Å²) in [5.74, 6) is 1.86. The van der Waals surface area contributed by atoms with E-state index < -0.39 is 11.7 Å². The van der Waals surface area contributed by atoms with Crippen LogP contribution in [-0.4, -0.2) is 38.1 Å². The monoisotopic (exact) mass is 373 g/mol. The van der Waals surface area contributed by atoms with Crippen LogP contribution >= 0.6 is 11.8 Å². The van der Waals surface area contributed by atoms with Crippen LogP contribution < -0.4 is 10.6 Å². The first-order valence-corrected chi connectivity index (χ1v) is 9.92. The lowest BCUT2D eigenvalue weighted by atomic mass is 9.94. The van der Waals surface area contributed by atoms with E-state index in [2.05, 4.69) is 21.9 Å². The Hall–Kier alpha value is -1.37. The Kier molecular flexibility index (Phi) is 7.04. The number of aliphatic imine (C=N–C) groups is 1. The molecule has 0 aliphatic heterocycles. The third-order valence-corrected chi connectivity index (χ3v) is 5.24. The summed E-state index contributed by atoms with van der Waals surface area (Å²) >= 11 is 1.83. The highest BCUT2D eigenvalue weighted by Gasteiger charge is 2.45. The van der Waals surface area contributed by atoms with Crippen LogP contribution in [0.5, 0.6) is 0 Å². The van der Waals surface area contributed by atoms with Crippen molar-refractivity contribution >= 4 is 17.7 Å². The quantitative estimate of drug-likeness (QED) is 0.410. The molecule has 0 unspecified atom stereocenters. The fraction of sp³-hybridized carbons (Fsp3) is 0.611. The van der Waals surface area contributed by atoms with Crippen LogP contribution in [0.25, 0.3) is 0 Å². The van der Waals surface area contributed by atoms with Crippen LogP contribution in [0.1, 0.15) is 36.8 Å². The van der Waals surface area contributed by atoms with Gasteiger partial charge in [0.2, 0.25) is 0 Å². The Morgan fingerprint density at radius 1 is 1.24 bits per heavy atom. The number of hydrogen-bond donors (Lipinski definition) is 2. The largest absolute Gasteiger partial charge is 0.416 e. The molecule has 25 heavy (non-hydrogen) atoms. The van der Waals surface area contributed by atoms with Gasteiger partial charge in [-0.2, -0.15) is 24.9 Å². The van der Waals surface area contributed by atoms with Crippen molar-refractivity contribution < 1.29 is 13.2 Å². The SMILES string of the molecule is CN=C(NCCCCSC)NCC1(c2cccc(C(F)(F)F)c2)CC1. The van der Waals surface area contributed by atoms with Gasteiger partial charge in [0.05, 0.1) is 5.56 Å². The average Bonchev–Trinajstić information content (AvgIpc) is 3.38. The number of halogens is 3. The van der Waals surface area contributed by atoms with E-state index in [9.17, 15) is 13.2 Å². The summed E-state index contributed by atoms with van der Waals surface area (Å²) in [6.45, 7) is 1.44. The first-order valence-electron chi connectivity index (χ1n) is 8.52. The summed E-state index contributed by atoms with van der Waals surface area (Å²) < 4.78 is 38.8. The second-order valence-corrected chi connectivity index (χ2v) is 7.40. The van der Waals surface area contributed by atoms with Gasteiger partial charge >= 0.3 is 6.18 Å².